The molecule has 34 heavy (non-hydrogen) atoms. The van der Waals surface area contributed by atoms with Crippen molar-refractivity contribution in [1.82, 2.24) is 5.32 Å². The number of benzene rings is 3. The smallest absolute Gasteiger partial charge is 0.269 e. The number of nitro benzene ring substituents is 1. The number of epoxide rings is 1. The summed E-state index contributed by atoms with van der Waals surface area (Å²) in [6.07, 6.45) is 0.393. The third kappa shape index (κ3) is 6.39. The predicted octanol–water partition coefficient (Wildman–Crippen LogP) is 3.35. The van der Waals surface area contributed by atoms with Crippen molar-refractivity contribution in [3.8, 4) is 5.75 Å². The van der Waals surface area contributed by atoms with Crippen LogP contribution in [0.4, 0.5) is 11.4 Å². The second kappa shape index (κ2) is 10.6. The van der Waals surface area contributed by atoms with Gasteiger partial charge in [0, 0.05) is 29.8 Å². The molecule has 0 saturated carbocycles. The lowest BCUT2D eigenvalue weighted by molar-refractivity contribution is -0.384. The van der Waals surface area contributed by atoms with Crippen LogP contribution in [0, 0.1) is 10.1 Å². The summed E-state index contributed by atoms with van der Waals surface area (Å²) in [6, 6.07) is 20.5. The molecule has 1 fully saturated rings. The average molecular weight is 461 g/mol. The van der Waals surface area contributed by atoms with Crippen molar-refractivity contribution in [3.63, 3.8) is 0 Å². The maximum Gasteiger partial charge on any atom is 0.269 e. The lowest BCUT2D eigenvalue weighted by atomic mass is 10.0. The van der Waals surface area contributed by atoms with Gasteiger partial charge in [-0.2, -0.15) is 0 Å². The molecule has 0 bridgehead atoms. The van der Waals surface area contributed by atoms with E-state index in [1.807, 2.05) is 24.3 Å². The predicted molar refractivity (Wildman–Crippen MR) is 125 cm³/mol. The quantitative estimate of drug-likeness (QED) is 0.271. The van der Waals surface area contributed by atoms with Crippen LogP contribution in [-0.2, 0) is 16.0 Å². The highest BCUT2D eigenvalue weighted by Gasteiger charge is 2.24. The molecule has 0 spiro atoms. The van der Waals surface area contributed by atoms with Gasteiger partial charge in [-0.15, -0.1) is 0 Å². The van der Waals surface area contributed by atoms with Crippen molar-refractivity contribution in [2.45, 2.75) is 18.6 Å². The summed E-state index contributed by atoms with van der Waals surface area (Å²) in [5.74, 6) is -0.127. The molecule has 2 amide bonds. The van der Waals surface area contributed by atoms with Crippen LogP contribution in [0.15, 0.2) is 78.9 Å². The van der Waals surface area contributed by atoms with Gasteiger partial charge in [-0.05, 0) is 42.0 Å². The van der Waals surface area contributed by atoms with Gasteiger partial charge in [-0.25, -0.2) is 0 Å². The number of amides is 2. The van der Waals surface area contributed by atoms with Crippen molar-refractivity contribution < 1.29 is 24.0 Å². The number of carbonyl (C=O) groups excluding carboxylic acids is 2. The summed E-state index contributed by atoms with van der Waals surface area (Å²) in [6.45, 7) is 1.21. The fourth-order valence-electron chi connectivity index (χ4n) is 3.25. The van der Waals surface area contributed by atoms with Crippen molar-refractivity contribution in [2.24, 2.45) is 0 Å². The fraction of sp³-hybridized carbons (Fsp3) is 0.200. The zero-order valence-corrected chi connectivity index (χ0v) is 18.2. The first-order chi connectivity index (χ1) is 16.5. The zero-order chi connectivity index (χ0) is 23.9. The number of ether oxygens (including phenoxy) is 2. The van der Waals surface area contributed by atoms with E-state index in [1.54, 1.807) is 30.3 Å². The average Bonchev–Trinajstić information content (AvgIpc) is 3.68. The summed E-state index contributed by atoms with van der Waals surface area (Å²) >= 11 is 0. The molecule has 0 aliphatic carbocycles. The number of anilines is 1. The molecule has 0 aromatic heterocycles. The van der Waals surface area contributed by atoms with Crippen LogP contribution in [0.25, 0.3) is 0 Å². The van der Waals surface area contributed by atoms with E-state index in [1.165, 1.54) is 24.3 Å². The van der Waals surface area contributed by atoms with Crippen LogP contribution in [0.2, 0.25) is 0 Å². The zero-order valence-electron chi connectivity index (χ0n) is 18.2. The molecular formula is C25H23N3O6. The molecular weight excluding hydrogens is 438 g/mol. The van der Waals surface area contributed by atoms with Gasteiger partial charge >= 0.3 is 0 Å². The molecule has 2 N–H and O–H groups in total. The Morgan fingerprint density at radius 2 is 1.71 bits per heavy atom. The maximum absolute atomic E-state index is 13.1. The molecule has 3 aromatic rings. The molecule has 174 valence electrons. The van der Waals surface area contributed by atoms with E-state index in [0.717, 1.165) is 5.56 Å². The Labute approximate surface area is 195 Å². The Morgan fingerprint density at radius 1 is 1.03 bits per heavy atom. The monoisotopic (exact) mass is 461 g/mol. The van der Waals surface area contributed by atoms with Gasteiger partial charge in [0.2, 0.25) is 5.91 Å². The minimum atomic E-state index is -0.880. The molecule has 1 aliphatic heterocycles. The summed E-state index contributed by atoms with van der Waals surface area (Å²) < 4.78 is 10.8. The first-order valence-electron chi connectivity index (χ1n) is 10.7. The summed E-state index contributed by atoms with van der Waals surface area (Å²) in [5.41, 5.74) is 1.57. The number of hydrogen-bond acceptors (Lipinski definition) is 6. The van der Waals surface area contributed by atoms with Gasteiger partial charge in [0.05, 0.1) is 11.5 Å². The van der Waals surface area contributed by atoms with E-state index in [-0.39, 0.29) is 24.1 Å². The normalized spacial score (nSPS) is 15.1. The molecule has 9 nitrogen and oxygen atoms in total. The van der Waals surface area contributed by atoms with E-state index in [2.05, 4.69) is 10.6 Å². The molecule has 9 heteroatoms. The van der Waals surface area contributed by atoms with Crippen molar-refractivity contribution in [1.29, 1.82) is 0 Å². The van der Waals surface area contributed by atoms with Gasteiger partial charge in [0.25, 0.3) is 11.6 Å². The number of nitrogens with zero attached hydrogens (tertiary/aromatic N) is 1. The Hall–Kier alpha value is -4.24. The number of nitro groups is 1. The van der Waals surface area contributed by atoms with Crippen molar-refractivity contribution in [3.05, 3.63) is 100 Å². The summed E-state index contributed by atoms with van der Waals surface area (Å²) in [5, 5.41) is 16.4. The van der Waals surface area contributed by atoms with E-state index in [0.29, 0.717) is 30.2 Å². The van der Waals surface area contributed by atoms with Gasteiger partial charge in [0.15, 0.2) is 0 Å². The second-order valence-corrected chi connectivity index (χ2v) is 7.80. The van der Waals surface area contributed by atoms with Crippen LogP contribution in [-0.4, -0.2) is 42.1 Å². The lowest BCUT2D eigenvalue weighted by Gasteiger charge is -2.19. The van der Waals surface area contributed by atoms with E-state index >= 15 is 0 Å². The number of rotatable bonds is 10. The van der Waals surface area contributed by atoms with E-state index in [4.69, 9.17) is 9.47 Å². The molecule has 1 unspecified atom stereocenters. The Morgan fingerprint density at radius 3 is 2.32 bits per heavy atom. The first kappa shape index (κ1) is 22.9. The van der Waals surface area contributed by atoms with Crippen LogP contribution in [0.1, 0.15) is 15.9 Å². The third-order valence-electron chi connectivity index (χ3n) is 5.20. The Bertz CT molecular complexity index is 1150. The summed E-state index contributed by atoms with van der Waals surface area (Å²) in [4.78, 5) is 36.1. The maximum atomic E-state index is 13.1. The number of non-ortho nitro benzene ring substituents is 1. The minimum Gasteiger partial charge on any atom is -0.491 e. The van der Waals surface area contributed by atoms with Gasteiger partial charge < -0.3 is 20.1 Å². The molecule has 0 radical (unpaired) electrons. The minimum absolute atomic E-state index is 0.0810. The van der Waals surface area contributed by atoms with E-state index < -0.39 is 16.9 Å². The third-order valence-corrected chi connectivity index (χ3v) is 5.20. The standard InChI is InChI=1S/C25H23N3O6/c29-24(18-4-2-1-3-5-18)27-23(25(30)26-19-8-10-20(11-9-19)28(31)32)14-17-6-12-21(13-7-17)33-15-22-16-34-22/h1-13,22-23H,14-16H2,(H,26,30)(H,27,29)/t22?,23-/m0/s1. The van der Waals surface area contributed by atoms with E-state index in [9.17, 15) is 19.7 Å². The number of hydrogen-bond donors (Lipinski definition) is 2. The Balaban J connectivity index is 1.46. The molecule has 1 saturated heterocycles. The van der Waals surface area contributed by atoms with Gasteiger partial charge in [-0.1, -0.05) is 30.3 Å². The molecule has 2 atom stereocenters. The highest BCUT2D eigenvalue weighted by atomic mass is 16.6. The van der Waals surface area contributed by atoms with Gasteiger partial charge in [-0.3, -0.25) is 19.7 Å². The van der Waals surface area contributed by atoms with Crippen LogP contribution in [0.3, 0.4) is 0 Å². The van der Waals surface area contributed by atoms with Crippen LogP contribution < -0.4 is 15.4 Å². The Kier molecular flexibility index (Phi) is 7.14. The van der Waals surface area contributed by atoms with Crippen LogP contribution in [0.5, 0.6) is 5.75 Å². The topological polar surface area (TPSA) is 123 Å². The summed E-state index contributed by atoms with van der Waals surface area (Å²) in [7, 11) is 0. The first-order valence-corrected chi connectivity index (χ1v) is 10.7. The largest absolute Gasteiger partial charge is 0.491 e. The van der Waals surface area contributed by atoms with Crippen LogP contribution >= 0.6 is 0 Å². The second-order valence-electron chi connectivity index (χ2n) is 7.80. The van der Waals surface area contributed by atoms with Gasteiger partial charge in [0.1, 0.15) is 24.5 Å². The SMILES string of the molecule is O=C(N[C@@H](Cc1ccc(OCC2CO2)cc1)C(=O)Nc1ccc([N+](=O)[O-])cc1)c1ccccc1. The molecule has 1 heterocycles. The highest BCUT2D eigenvalue weighted by molar-refractivity contribution is 6.01. The lowest BCUT2D eigenvalue weighted by Crippen LogP contribution is -2.45. The van der Waals surface area contributed by atoms with Crippen molar-refractivity contribution in [2.75, 3.05) is 18.5 Å². The molecule has 3 aromatic carbocycles. The fourth-order valence-corrected chi connectivity index (χ4v) is 3.25. The molecule has 1 aliphatic rings. The highest BCUT2D eigenvalue weighted by Crippen LogP contribution is 2.18. The molecule has 4 rings (SSSR count). The number of carbonyl (C=O) groups is 2. The van der Waals surface area contributed by atoms with Crippen molar-refractivity contribution >= 4 is 23.2 Å². The number of nitrogens with one attached hydrogen (secondary N) is 2.